The quantitative estimate of drug-likeness (QED) is 0.442. The molecular weight excluding hydrogens is 399 g/mol. The van der Waals surface area contributed by atoms with Crippen LogP contribution in [-0.2, 0) is 20.5 Å². The van der Waals surface area contributed by atoms with Crippen LogP contribution in [0, 0.1) is 0 Å². The van der Waals surface area contributed by atoms with Gasteiger partial charge in [-0.25, -0.2) is 4.79 Å². The first-order chi connectivity index (χ1) is 14.3. The molecule has 1 N–H and O–H groups in total. The Bertz CT molecular complexity index is 1030. The van der Waals surface area contributed by atoms with Gasteiger partial charge in [-0.3, -0.25) is 4.79 Å². The Morgan fingerprint density at radius 2 is 1.77 bits per heavy atom. The minimum Gasteiger partial charge on any atom is -0.465 e. The molecule has 1 amide bonds. The van der Waals surface area contributed by atoms with Gasteiger partial charge in [0.25, 0.3) is 5.91 Å². The Balaban J connectivity index is 1.78. The summed E-state index contributed by atoms with van der Waals surface area (Å²) >= 11 is 0. The number of furan rings is 1. The number of anilines is 1. The summed E-state index contributed by atoms with van der Waals surface area (Å²) in [7, 11) is 0. The highest BCUT2D eigenvalue weighted by Crippen LogP contribution is 2.31. The van der Waals surface area contributed by atoms with Gasteiger partial charge in [0.05, 0.1) is 11.8 Å². The van der Waals surface area contributed by atoms with Crippen LogP contribution in [0.5, 0.6) is 0 Å². The van der Waals surface area contributed by atoms with Crippen molar-refractivity contribution in [2.75, 3.05) is 5.32 Å². The number of ether oxygens (including phenoxy) is 1. The molecule has 0 aliphatic rings. The molecule has 0 spiro atoms. The molecule has 0 fully saturated rings. The number of carbonyl (C=O) groups excluding carboxylic acids is 2. The molecule has 3 aromatic rings. The van der Waals surface area contributed by atoms with Crippen LogP contribution < -0.4 is 5.32 Å². The van der Waals surface area contributed by atoms with Crippen molar-refractivity contribution in [1.82, 2.24) is 0 Å². The molecule has 5 nitrogen and oxygen atoms in total. The maximum atomic E-state index is 12.9. The van der Waals surface area contributed by atoms with Crippen molar-refractivity contribution in [2.24, 2.45) is 0 Å². The standard InChI is InChI=1S/C22H16F3NO4/c23-22(24,25)16-8-4-9-17(14-16)26-21(28)20(15-6-2-1-3-7-15)30-19(27)12-11-18-10-5-13-29-18/h1-14,20H,(H,26,28)/b12-11+/t20-/m1/s1. The Morgan fingerprint density at radius 1 is 1.00 bits per heavy atom. The normalized spacial score (nSPS) is 12.5. The lowest BCUT2D eigenvalue weighted by Crippen LogP contribution is -2.25. The van der Waals surface area contributed by atoms with E-state index in [1.165, 1.54) is 24.5 Å². The summed E-state index contributed by atoms with van der Waals surface area (Å²) < 4.78 is 49.1. The fourth-order valence-corrected chi connectivity index (χ4v) is 2.57. The van der Waals surface area contributed by atoms with E-state index in [4.69, 9.17) is 9.15 Å². The molecule has 0 aliphatic carbocycles. The van der Waals surface area contributed by atoms with Crippen LogP contribution in [0.1, 0.15) is 23.0 Å². The summed E-state index contributed by atoms with van der Waals surface area (Å²) in [5.41, 5.74) is -0.616. The van der Waals surface area contributed by atoms with Gasteiger partial charge in [0.15, 0.2) is 0 Å². The lowest BCUT2D eigenvalue weighted by atomic mass is 10.1. The molecule has 1 aromatic heterocycles. The number of esters is 1. The number of alkyl halides is 3. The molecule has 154 valence electrons. The van der Waals surface area contributed by atoms with Crippen LogP contribution >= 0.6 is 0 Å². The summed E-state index contributed by atoms with van der Waals surface area (Å²) in [6.07, 6.45) is -2.03. The van der Waals surface area contributed by atoms with Gasteiger partial charge in [-0.05, 0) is 36.4 Å². The van der Waals surface area contributed by atoms with E-state index in [0.29, 0.717) is 11.3 Å². The van der Waals surface area contributed by atoms with Gasteiger partial charge in [0.2, 0.25) is 6.10 Å². The number of hydrogen-bond donors (Lipinski definition) is 1. The smallest absolute Gasteiger partial charge is 0.416 e. The maximum absolute atomic E-state index is 12.9. The van der Waals surface area contributed by atoms with Gasteiger partial charge in [-0.1, -0.05) is 36.4 Å². The van der Waals surface area contributed by atoms with Crippen LogP contribution in [0.25, 0.3) is 6.08 Å². The van der Waals surface area contributed by atoms with Crippen molar-refractivity contribution in [3.63, 3.8) is 0 Å². The van der Waals surface area contributed by atoms with Gasteiger partial charge in [-0.15, -0.1) is 0 Å². The molecule has 0 radical (unpaired) electrons. The zero-order valence-corrected chi connectivity index (χ0v) is 15.4. The average Bonchev–Trinajstić information content (AvgIpc) is 3.24. The number of nitrogens with one attached hydrogen (secondary N) is 1. The first-order valence-electron chi connectivity index (χ1n) is 8.78. The highest BCUT2D eigenvalue weighted by molar-refractivity contribution is 5.97. The lowest BCUT2D eigenvalue weighted by Gasteiger charge is -2.18. The summed E-state index contributed by atoms with van der Waals surface area (Å²) in [6, 6.07) is 15.6. The number of carbonyl (C=O) groups is 2. The molecule has 0 saturated heterocycles. The number of rotatable bonds is 6. The Labute approximate surface area is 169 Å². The lowest BCUT2D eigenvalue weighted by molar-refractivity contribution is -0.149. The van der Waals surface area contributed by atoms with E-state index < -0.39 is 29.7 Å². The predicted octanol–water partition coefficient (Wildman–Crippen LogP) is 5.23. The first kappa shape index (κ1) is 20.9. The van der Waals surface area contributed by atoms with Gasteiger partial charge in [-0.2, -0.15) is 13.2 Å². The number of halogens is 3. The molecule has 0 aliphatic heterocycles. The molecule has 3 rings (SSSR count). The summed E-state index contributed by atoms with van der Waals surface area (Å²) in [5.74, 6) is -1.20. The molecule has 30 heavy (non-hydrogen) atoms. The number of benzene rings is 2. The second-order valence-electron chi connectivity index (χ2n) is 6.14. The number of amides is 1. The second-order valence-corrected chi connectivity index (χ2v) is 6.14. The van der Waals surface area contributed by atoms with Crippen molar-refractivity contribution >= 4 is 23.6 Å². The van der Waals surface area contributed by atoms with E-state index in [1.54, 1.807) is 42.5 Å². The second kappa shape index (κ2) is 9.13. The SMILES string of the molecule is O=C(/C=C/c1ccco1)O[C@@H](C(=O)Nc1cccc(C(F)(F)F)c1)c1ccccc1. The van der Waals surface area contributed by atoms with Gasteiger partial charge >= 0.3 is 12.1 Å². The highest BCUT2D eigenvalue weighted by atomic mass is 19.4. The molecule has 1 atom stereocenters. The van der Waals surface area contributed by atoms with Crippen molar-refractivity contribution < 1.29 is 31.9 Å². The van der Waals surface area contributed by atoms with Gasteiger partial charge < -0.3 is 14.5 Å². The van der Waals surface area contributed by atoms with Crippen LogP contribution in [0.2, 0.25) is 0 Å². The largest absolute Gasteiger partial charge is 0.465 e. The van der Waals surface area contributed by atoms with Crippen LogP contribution in [0.15, 0.2) is 83.5 Å². The molecule has 0 bridgehead atoms. The Kier molecular flexibility index (Phi) is 6.36. The van der Waals surface area contributed by atoms with E-state index in [1.807, 2.05) is 0 Å². The Hall–Kier alpha value is -3.81. The minimum absolute atomic E-state index is 0.0714. The Morgan fingerprint density at radius 3 is 2.43 bits per heavy atom. The van der Waals surface area contributed by atoms with Crippen molar-refractivity contribution in [3.8, 4) is 0 Å². The predicted molar refractivity (Wildman–Crippen MR) is 103 cm³/mol. The third-order valence-electron chi connectivity index (χ3n) is 3.96. The summed E-state index contributed by atoms with van der Waals surface area (Å²) in [5, 5.41) is 2.37. The topological polar surface area (TPSA) is 68.5 Å². The van der Waals surface area contributed by atoms with E-state index in [-0.39, 0.29) is 5.69 Å². The van der Waals surface area contributed by atoms with Crippen molar-refractivity contribution in [1.29, 1.82) is 0 Å². The molecular formula is C22H16F3NO4. The van der Waals surface area contributed by atoms with E-state index in [9.17, 15) is 22.8 Å². The molecule has 0 saturated carbocycles. The molecule has 2 aromatic carbocycles. The summed E-state index contributed by atoms with van der Waals surface area (Å²) in [4.78, 5) is 24.9. The fraction of sp³-hybridized carbons (Fsp3) is 0.0909. The van der Waals surface area contributed by atoms with Crippen LogP contribution in [-0.4, -0.2) is 11.9 Å². The average molecular weight is 415 g/mol. The monoisotopic (exact) mass is 415 g/mol. The first-order valence-corrected chi connectivity index (χ1v) is 8.78. The summed E-state index contributed by atoms with van der Waals surface area (Å²) in [6.45, 7) is 0. The minimum atomic E-state index is -4.55. The number of hydrogen-bond acceptors (Lipinski definition) is 4. The zero-order chi connectivity index (χ0) is 21.6. The zero-order valence-electron chi connectivity index (χ0n) is 15.4. The fourth-order valence-electron chi connectivity index (χ4n) is 2.57. The maximum Gasteiger partial charge on any atom is 0.416 e. The van der Waals surface area contributed by atoms with Crippen LogP contribution in [0.4, 0.5) is 18.9 Å². The van der Waals surface area contributed by atoms with Crippen molar-refractivity contribution in [2.45, 2.75) is 12.3 Å². The molecule has 1 heterocycles. The molecule has 8 heteroatoms. The molecule has 0 unspecified atom stereocenters. The third-order valence-corrected chi connectivity index (χ3v) is 3.96. The van der Waals surface area contributed by atoms with E-state index >= 15 is 0 Å². The highest BCUT2D eigenvalue weighted by Gasteiger charge is 2.31. The third kappa shape index (κ3) is 5.60. The van der Waals surface area contributed by atoms with Gasteiger partial charge in [0.1, 0.15) is 5.76 Å². The van der Waals surface area contributed by atoms with Crippen LogP contribution in [0.3, 0.4) is 0 Å². The van der Waals surface area contributed by atoms with E-state index in [0.717, 1.165) is 18.2 Å². The van der Waals surface area contributed by atoms with E-state index in [2.05, 4.69) is 5.32 Å². The van der Waals surface area contributed by atoms with Gasteiger partial charge in [0, 0.05) is 17.3 Å². The van der Waals surface area contributed by atoms with Crippen molar-refractivity contribution in [3.05, 3.63) is 96.0 Å².